The molecule has 1 aromatic heterocycles. The number of aryl methyl sites for hydroxylation is 1. The number of carbonyl (C=O) groups is 1. The molecule has 1 rings (SSSR count). The smallest absolute Gasteiger partial charge is 0.360 e. The average molecular weight is 253 g/mol. The van der Waals surface area contributed by atoms with Crippen LogP contribution in [-0.2, 0) is 11.3 Å². The highest BCUT2D eigenvalue weighted by atomic mass is 16.5. The van der Waals surface area contributed by atoms with Gasteiger partial charge in [0.05, 0.1) is 12.3 Å². The zero-order valence-electron chi connectivity index (χ0n) is 11.9. The monoisotopic (exact) mass is 253 g/mol. The highest BCUT2D eigenvalue weighted by Crippen LogP contribution is 2.19. The highest BCUT2D eigenvalue weighted by molar-refractivity contribution is 5.88. The minimum Gasteiger partial charge on any atom is -0.461 e. The third-order valence-corrected chi connectivity index (χ3v) is 2.71. The second-order valence-corrected chi connectivity index (χ2v) is 5.10. The van der Waals surface area contributed by atoms with Crippen molar-refractivity contribution in [1.29, 1.82) is 0 Å². The van der Waals surface area contributed by atoms with Gasteiger partial charge in [-0.1, -0.05) is 32.9 Å². The van der Waals surface area contributed by atoms with Crippen LogP contribution in [0.5, 0.6) is 0 Å². The van der Waals surface area contributed by atoms with Crippen molar-refractivity contribution in [2.45, 2.75) is 53.5 Å². The van der Waals surface area contributed by atoms with Gasteiger partial charge in [-0.25, -0.2) is 9.48 Å². The molecule has 0 atom stereocenters. The minimum absolute atomic E-state index is 0.201. The molecule has 0 aliphatic heterocycles. The molecule has 0 aromatic carbocycles. The summed E-state index contributed by atoms with van der Waals surface area (Å²) in [5.74, 6) is 0.420. The van der Waals surface area contributed by atoms with Crippen LogP contribution in [0.4, 0.5) is 0 Å². The lowest BCUT2D eigenvalue weighted by molar-refractivity contribution is 0.0517. The minimum atomic E-state index is -0.378. The van der Waals surface area contributed by atoms with Crippen LogP contribution in [-0.4, -0.2) is 27.6 Å². The SMILES string of the molecule is CCOC(=O)c1nnn(CCC(C)C)c1C(C)C. The van der Waals surface area contributed by atoms with Crippen molar-refractivity contribution in [3.05, 3.63) is 11.4 Å². The number of hydrogen-bond acceptors (Lipinski definition) is 4. The first kappa shape index (κ1) is 14.7. The molecular weight excluding hydrogens is 230 g/mol. The lowest BCUT2D eigenvalue weighted by Crippen LogP contribution is -2.13. The fraction of sp³-hybridized carbons (Fsp3) is 0.769. The van der Waals surface area contributed by atoms with E-state index in [1.807, 2.05) is 18.5 Å². The second kappa shape index (κ2) is 6.52. The van der Waals surface area contributed by atoms with Crippen LogP contribution in [0.3, 0.4) is 0 Å². The van der Waals surface area contributed by atoms with E-state index in [-0.39, 0.29) is 11.9 Å². The summed E-state index contributed by atoms with van der Waals surface area (Å²) in [5, 5.41) is 8.05. The van der Waals surface area contributed by atoms with E-state index in [9.17, 15) is 4.79 Å². The van der Waals surface area contributed by atoms with Crippen molar-refractivity contribution >= 4 is 5.97 Å². The Bertz CT molecular complexity index is 397. The molecule has 5 nitrogen and oxygen atoms in total. The molecular formula is C13H23N3O2. The van der Waals surface area contributed by atoms with Crippen molar-refractivity contribution in [2.75, 3.05) is 6.61 Å². The van der Waals surface area contributed by atoms with Crippen LogP contribution in [0, 0.1) is 5.92 Å². The molecule has 0 saturated carbocycles. The molecule has 0 fully saturated rings. The highest BCUT2D eigenvalue weighted by Gasteiger charge is 2.22. The van der Waals surface area contributed by atoms with Gasteiger partial charge in [-0.3, -0.25) is 0 Å². The molecule has 0 aliphatic carbocycles. The van der Waals surface area contributed by atoms with Gasteiger partial charge in [0.1, 0.15) is 0 Å². The molecule has 18 heavy (non-hydrogen) atoms. The average Bonchev–Trinajstić information content (AvgIpc) is 2.70. The van der Waals surface area contributed by atoms with Crippen molar-refractivity contribution in [3.63, 3.8) is 0 Å². The Morgan fingerprint density at radius 2 is 2.00 bits per heavy atom. The summed E-state index contributed by atoms with van der Waals surface area (Å²) in [4.78, 5) is 11.8. The van der Waals surface area contributed by atoms with Crippen molar-refractivity contribution in [2.24, 2.45) is 5.92 Å². The number of rotatable bonds is 6. The molecule has 1 aromatic rings. The lowest BCUT2D eigenvalue weighted by atomic mass is 10.1. The van der Waals surface area contributed by atoms with E-state index in [0.717, 1.165) is 18.7 Å². The number of esters is 1. The summed E-state index contributed by atoms with van der Waals surface area (Å²) in [6.07, 6.45) is 1.02. The van der Waals surface area contributed by atoms with E-state index < -0.39 is 0 Å². The van der Waals surface area contributed by atoms with Crippen LogP contribution < -0.4 is 0 Å². The number of carbonyl (C=O) groups excluding carboxylic acids is 1. The first-order valence-electron chi connectivity index (χ1n) is 6.57. The Morgan fingerprint density at radius 1 is 1.33 bits per heavy atom. The van der Waals surface area contributed by atoms with Crippen LogP contribution >= 0.6 is 0 Å². The Hall–Kier alpha value is -1.39. The number of ether oxygens (including phenoxy) is 1. The predicted octanol–water partition coefficient (Wildman–Crippen LogP) is 2.62. The van der Waals surface area contributed by atoms with Crippen molar-refractivity contribution in [3.8, 4) is 0 Å². The van der Waals surface area contributed by atoms with E-state index in [1.54, 1.807) is 6.92 Å². The Labute approximate surface area is 109 Å². The number of nitrogens with zero attached hydrogens (tertiary/aromatic N) is 3. The lowest BCUT2D eigenvalue weighted by Gasteiger charge is -2.11. The van der Waals surface area contributed by atoms with Crippen LogP contribution in [0.2, 0.25) is 0 Å². The molecule has 0 radical (unpaired) electrons. The molecule has 102 valence electrons. The topological polar surface area (TPSA) is 57.0 Å². The Kier molecular flexibility index (Phi) is 5.31. The molecule has 0 unspecified atom stereocenters. The summed E-state index contributed by atoms with van der Waals surface area (Å²) < 4.78 is 6.83. The fourth-order valence-corrected chi connectivity index (χ4v) is 1.78. The van der Waals surface area contributed by atoms with E-state index in [4.69, 9.17) is 4.74 Å². The standard InChI is InChI=1S/C13H23N3O2/c1-6-18-13(17)11-12(10(4)5)16(15-14-11)8-7-9(2)3/h9-10H,6-8H2,1-5H3. The molecule has 0 saturated heterocycles. The molecule has 5 heteroatoms. The summed E-state index contributed by atoms with van der Waals surface area (Å²) >= 11 is 0. The van der Waals surface area contributed by atoms with Crippen LogP contribution in [0.1, 0.15) is 63.1 Å². The largest absolute Gasteiger partial charge is 0.461 e. The number of aromatic nitrogens is 3. The zero-order chi connectivity index (χ0) is 13.7. The summed E-state index contributed by atoms with van der Waals surface area (Å²) in [5.41, 5.74) is 1.23. The molecule has 1 heterocycles. The summed E-state index contributed by atoms with van der Waals surface area (Å²) in [6, 6.07) is 0. The van der Waals surface area contributed by atoms with Gasteiger partial charge in [0.2, 0.25) is 0 Å². The molecule has 0 bridgehead atoms. The van der Waals surface area contributed by atoms with Gasteiger partial charge in [0, 0.05) is 6.54 Å². The molecule has 0 aliphatic rings. The van der Waals surface area contributed by atoms with Gasteiger partial charge in [0.25, 0.3) is 0 Å². The fourth-order valence-electron chi connectivity index (χ4n) is 1.78. The quantitative estimate of drug-likeness (QED) is 0.731. The maximum atomic E-state index is 11.8. The Balaban J connectivity index is 2.95. The van der Waals surface area contributed by atoms with E-state index in [0.29, 0.717) is 18.2 Å². The predicted molar refractivity (Wildman–Crippen MR) is 69.5 cm³/mol. The third-order valence-electron chi connectivity index (χ3n) is 2.71. The summed E-state index contributed by atoms with van der Waals surface area (Å²) in [7, 11) is 0. The van der Waals surface area contributed by atoms with Gasteiger partial charge in [-0.15, -0.1) is 5.10 Å². The van der Waals surface area contributed by atoms with Gasteiger partial charge >= 0.3 is 5.97 Å². The van der Waals surface area contributed by atoms with E-state index in [1.165, 1.54) is 0 Å². The Morgan fingerprint density at radius 3 is 2.50 bits per heavy atom. The molecule has 0 N–H and O–H groups in total. The van der Waals surface area contributed by atoms with Gasteiger partial charge < -0.3 is 4.74 Å². The van der Waals surface area contributed by atoms with Gasteiger partial charge in [-0.05, 0) is 25.2 Å². The van der Waals surface area contributed by atoms with Gasteiger partial charge in [-0.2, -0.15) is 0 Å². The maximum Gasteiger partial charge on any atom is 0.360 e. The normalized spacial score (nSPS) is 11.3. The van der Waals surface area contributed by atoms with E-state index in [2.05, 4.69) is 24.2 Å². The van der Waals surface area contributed by atoms with Crippen molar-refractivity contribution in [1.82, 2.24) is 15.0 Å². The molecule has 0 amide bonds. The first-order chi connectivity index (χ1) is 8.47. The third kappa shape index (κ3) is 3.55. The molecule has 0 spiro atoms. The zero-order valence-corrected chi connectivity index (χ0v) is 11.9. The van der Waals surface area contributed by atoms with Gasteiger partial charge in [0.15, 0.2) is 5.69 Å². The number of hydrogen-bond donors (Lipinski definition) is 0. The summed E-state index contributed by atoms with van der Waals surface area (Å²) in [6.45, 7) is 11.3. The first-order valence-corrected chi connectivity index (χ1v) is 6.57. The van der Waals surface area contributed by atoms with Crippen molar-refractivity contribution < 1.29 is 9.53 Å². The second-order valence-electron chi connectivity index (χ2n) is 5.10. The van der Waals surface area contributed by atoms with Crippen LogP contribution in [0.25, 0.3) is 0 Å². The van der Waals surface area contributed by atoms with Crippen LogP contribution in [0.15, 0.2) is 0 Å². The van der Waals surface area contributed by atoms with E-state index >= 15 is 0 Å². The maximum absolute atomic E-state index is 11.8.